The standard InChI is InChI=1S/C14H27NO/c1-3-5-6-7-8-9-10-11-14(16)13-15-12-4-2/h4,15H,2-3,5-13H2,1H3. The average molecular weight is 225 g/mol. The molecule has 2 heteroatoms. The van der Waals surface area contributed by atoms with E-state index in [9.17, 15) is 4.79 Å². The first-order chi connectivity index (χ1) is 7.81. The highest BCUT2D eigenvalue weighted by molar-refractivity contribution is 5.80. The largest absolute Gasteiger partial charge is 0.307 e. The van der Waals surface area contributed by atoms with E-state index < -0.39 is 0 Å². The van der Waals surface area contributed by atoms with Crippen LogP contribution in [0, 0.1) is 0 Å². The van der Waals surface area contributed by atoms with Crippen molar-refractivity contribution in [3.63, 3.8) is 0 Å². The van der Waals surface area contributed by atoms with Gasteiger partial charge in [-0.3, -0.25) is 4.79 Å². The van der Waals surface area contributed by atoms with E-state index in [0.29, 0.717) is 12.3 Å². The van der Waals surface area contributed by atoms with Crippen LogP contribution in [0.1, 0.15) is 58.3 Å². The average Bonchev–Trinajstić information content (AvgIpc) is 2.28. The highest BCUT2D eigenvalue weighted by Crippen LogP contribution is 2.08. The van der Waals surface area contributed by atoms with Gasteiger partial charge in [-0.25, -0.2) is 0 Å². The van der Waals surface area contributed by atoms with E-state index in [1.807, 2.05) is 0 Å². The van der Waals surface area contributed by atoms with Crippen molar-refractivity contribution in [1.82, 2.24) is 5.32 Å². The van der Waals surface area contributed by atoms with Gasteiger partial charge < -0.3 is 5.32 Å². The van der Waals surface area contributed by atoms with E-state index in [4.69, 9.17) is 0 Å². The van der Waals surface area contributed by atoms with Crippen LogP contribution in [-0.2, 0) is 4.79 Å². The summed E-state index contributed by atoms with van der Waals surface area (Å²) in [6.07, 6.45) is 11.4. The fourth-order valence-electron chi connectivity index (χ4n) is 1.68. The summed E-state index contributed by atoms with van der Waals surface area (Å²) in [5.74, 6) is 0.329. The first-order valence-corrected chi connectivity index (χ1v) is 6.64. The predicted octanol–water partition coefficient (Wildman–Crippen LogP) is 3.47. The number of carbonyl (C=O) groups excluding carboxylic acids is 1. The molecule has 94 valence electrons. The molecule has 1 N–H and O–H groups in total. The second kappa shape index (κ2) is 12.4. The molecule has 0 spiro atoms. The van der Waals surface area contributed by atoms with Crippen LogP contribution in [0.5, 0.6) is 0 Å². The van der Waals surface area contributed by atoms with Gasteiger partial charge in [-0.2, -0.15) is 0 Å². The lowest BCUT2D eigenvalue weighted by atomic mass is 10.1. The van der Waals surface area contributed by atoms with Crippen molar-refractivity contribution in [3.05, 3.63) is 12.7 Å². The van der Waals surface area contributed by atoms with Crippen molar-refractivity contribution in [2.45, 2.75) is 58.3 Å². The molecule has 0 saturated carbocycles. The van der Waals surface area contributed by atoms with Crippen molar-refractivity contribution in [3.8, 4) is 0 Å². The van der Waals surface area contributed by atoms with E-state index in [-0.39, 0.29) is 0 Å². The summed E-state index contributed by atoms with van der Waals surface area (Å²) in [5, 5.41) is 3.04. The van der Waals surface area contributed by atoms with Gasteiger partial charge in [0.1, 0.15) is 5.78 Å². The van der Waals surface area contributed by atoms with Gasteiger partial charge in [0.2, 0.25) is 0 Å². The van der Waals surface area contributed by atoms with E-state index in [2.05, 4.69) is 18.8 Å². The Morgan fingerprint density at radius 2 is 1.75 bits per heavy atom. The zero-order valence-electron chi connectivity index (χ0n) is 10.8. The molecule has 0 aliphatic heterocycles. The molecular weight excluding hydrogens is 198 g/mol. The fourth-order valence-corrected chi connectivity index (χ4v) is 1.68. The van der Waals surface area contributed by atoms with Crippen LogP contribution in [0.15, 0.2) is 12.7 Å². The molecule has 0 bridgehead atoms. The molecule has 2 nitrogen and oxygen atoms in total. The molecule has 0 atom stereocenters. The second-order valence-corrected chi connectivity index (χ2v) is 4.33. The minimum atomic E-state index is 0.329. The van der Waals surface area contributed by atoms with Gasteiger partial charge in [-0.05, 0) is 6.42 Å². The molecule has 0 aromatic carbocycles. The lowest BCUT2D eigenvalue weighted by molar-refractivity contribution is -0.118. The van der Waals surface area contributed by atoms with Crippen LogP contribution in [0.3, 0.4) is 0 Å². The minimum absolute atomic E-state index is 0.329. The zero-order valence-corrected chi connectivity index (χ0v) is 10.8. The van der Waals surface area contributed by atoms with Crippen LogP contribution < -0.4 is 5.32 Å². The molecule has 0 rings (SSSR count). The van der Waals surface area contributed by atoms with E-state index in [1.54, 1.807) is 6.08 Å². The Morgan fingerprint density at radius 1 is 1.12 bits per heavy atom. The molecule has 0 amide bonds. The molecule has 16 heavy (non-hydrogen) atoms. The molecule has 0 aliphatic rings. The predicted molar refractivity (Wildman–Crippen MR) is 70.7 cm³/mol. The smallest absolute Gasteiger partial charge is 0.146 e. The second-order valence-electron chi connectivity index (χ2n) is 4.33. The Labute approximate surface area is 101 Å². The summed E-state index contributed by atoms with van der Waals surface area (Å²) in [7, 11) is 0. The molecule has 0 radical (unpaired) electrons. The first kappa shape index (κ1) is 15.4. The Bertz CT molecular complexity index is 178. The first-order valence-electron chi connectivity index (χ1n) is 6.64. The summed E-state index contributed by atoms with van der Waals surface area (Å²) >= 11 is 0. The number of hydrogen-bond donors (Lipinski definition) is 1. The zero-order chi connectivity index (χ0) is 12.1. The van der Waals surface area contributed by atoms with Crippen LogP contribution in [-0.4, -0.2) is 18.9 Å². The lowest BCUT2D eigenvalue weighted by Gasteiger charge is -2.02. The van der Waals surface area contributed by atoms with Crippen molar-refractivity contribution in [2.24, 2.45) is 0 Å². The molecule has 0 aliphatic carbocycles. The summed E-state index contributed by atoms with van der Waals surface area (Å²) in [5.41, 5.74) is 0. The van der Waals surface area contributed by atoms with Crippen molar-refractivity contribution in [1.29, 1.82) is 0 Å². The molecule has 0 saturated heterocycles. The number of Topliss-reactive ketones (excluding diaryl/α,β-unsaturated/α-hetero) is 1. The molecule has 0 heterocycles. The lowest BCUT2D eigenvalue weighted by Crippen LogP contribution is -2.22. The highest BCUT2D eigenvalue weighted by atomic mass is 16.1. The minimum Gasteiger partial charge on any atom is -0.307 e. The third-order valence-electron chi connectivity index (χ3n) is 2.67. The fraction of sp³-hybridized carbons (Fsp3) is 0.786. The maximum atomic E-state index is 11.4. The molecule has 0 fully saturated rings. The van der Waals surface area contributed by atoms with Crippen LogP contribution >= 0.6 is 0 Å². The van der Waals surface area contributed by atoms with Crippen LogP contribution in [0.2, 0.25) is 0 Å². The molecule has 0 aromatic heterocycles. The van der Waals surface area contributed by atoms with E-state index in [0.717, 1.165) is 19.4 Å². The third kappa shape index (κ3) is 11.4. The number of unbranched alkanes of at least 4 members (excludes halogenated alkanes) is 6. The Kier molecular flexibility index (Phi) is 11.9. The highest BCUT2D eigenvalue weighted by Gasteiger charge is 2.00. The Hall–Kier alpha value is -0.630. The quantitative estimate of drug-likeness (QED) is 0.407. The van der Waals surface area contributed by atoms with Crippen molar-refractivity contribution in [2.75, 3.05) is 13.1 Å². The number of nitrogens with one attached hydrogen (secondary N) is 1. The number of hydrogen-bond acceptors (Lipinski definition) is 2. The van der Waals surface area contributed by atoms with Crippen molar-refractivity contribution < 1.29 is 4.79 Å². The number of rotatable bonds is 12. The Balaban J connectivity index is 3.12. The van der Waals surface area contributed by atoms with Gasteiger partial charge in [0.25, 0.3) is 0 Å². The van der Waals surface area contributed by atoms with Crippen LogP contribution in [0.25, 0.3) is 0 Å². The SMILES string of the molecule is C=CCNCC(=O)CCCCCCCCC. The monoisotopic (exact) mass is 225 g/mol. The van der Waals surface area contributed by atoms with E-state index in [1.165, 1.54) is 38.5 Å². The number of carbonyl (C=O) groups is 1. The Morgan fingerprint density at radius 3 is 2.38 bits per heavy atom. The molecule has 0 unspecified atom stereocenters. The van der Waals surface area contributed by atoms with Crippen molar-refractivity contribution >= 4 is 5.78 Å². The normalized spacial score (nSPS) is 10.3. The van der Waals surface area contributed by atoms with Gasteiger partial charge >= 0.3 is 0 Å². The molecule has 0 aromatic rings. The number of ketones is 1. The van der Waals surface area contributed by atoms with Gasteiger partial charge in [-0.1, -0.05) is 51.5 Å². The summed E-state index contributed by atoms with van der Waals surface area (Å²) in [6, 6.07) is 0. The maximum absolute atomic E-state index is 11.4. The third-order valence-corrected chi connectivity index (χ3v) is 2.67. The van der Waals surface area contributed by atoms with Gasteiger partial charge in [0.05, 0.1) is 6.54 Å². The van der Waals surface area contributed by atoms with Crippen LogP contribution in [0.4, 0.5) is 0 Å². The summed E-state index contributed by atoms with van der Waals surface area (Å²) in [6.45, 7) is 7.05. The van der Waals surface area contributed by atoms with E-state index >= 15 is 0 Å². The molecular formula is C14H27NO. The van der Waals surface area contributed by atoms with Gasteiger partial charge in [-0.15, -0.1) is 6.58 Å². The van der Waals surface area contributed by atoms with Gasteiger partial charge in [0.15, 0.2) is 0 Å². The summed E-state index contributed by atoms with van der Waals surface area (Å²) in [4.78, 5) is 11.4. The van der Waals surface area contributed by atoms with Gasteiger partial charge in [0, 0.05) is 13.0 Å². The summed E-state index contributed by atoms with van der Waals surface area (Å²) < 4.78 is 0. The topological polar surface area (TPSA) is 29.1 Å². The maximum Gasteiger partial charge on any atom is 0.146 e.